The third-order valence-electron chi connectivity index (χ3n) is 18.8. The minimum atomic E-state index is -4.96. The first-order valence-electron chi connectivity index (χ1n) is 41.6. The van der Waals surface area contributed by atoms with E-state index in [1.165, 1.54) is 244 Å². The Bertz CT molecular complexity index is 1890. The van der Waals surface area contributed by atoms with Crippen molar-refractivity contribution < 1.29 is 80.2 Å². The van der Waals surface area contributed by atoms with E-state index in [-0.39, 0.29) is 25.7 Å². The second-order valence-corrected chi connectivity index (χ2v) is 32.2. The second-order valence-electron chi connectivity index (χ2n) is 29.3. The first kappa shape index (κ1) is 97.1. The molecule has 2 unspecified atom stereocenters. The highest BCUT2D eigenvalue weighted by molar-refractivity contribution is 7.47. The zero-order valence-electron chi connectivity index (χ0n) is 64.6. The Kier molecular flexibility index (Phi) is 71.6. The normalized spacial score (nSPS) is 13.9. The third kappa shape index (κ3) is 74.1. The van der Waals surface area contributed by atoms with Crippen LogP contribution in [-0.2, 0) is 65.4 Å². The van der Waals surface area contributed by atoms with Crippen molar-refractivity contribution in [1.29, 1.82) is 0 Å². The van der Waals surface area contributed by atoms with Crippen molar-refractivity contribution in [3.05, 3.63) is 0 Å². The smallest absolute Gasteiger partial charge is 0.462 e. The van der Waals surface area contributed by atoms with Gasteiger partial charge in [0.2, 0.25) is 0 Å². The number of carbonyl (C=O) groups excluding carboxylic acids is 4. The standard InChI is InChI=1S/C80H156O17P2/c1-6-9-12-15-18-21-24-27-29-31-33-34-36-38-40-43-46-49-56-61-66-80(85)96-75(69-90-77(82)63-58-53-47-44-42-39-37-35-32-30-28-25-22-19-16-13-10-7-2)71-94-98(86,87)92-67-74(81)68-93-99(88,89)95-72-76(70-91-78(83)64-59-54-51-50-52-57-62-73(4)5)97-79(84)65-60-55-48-45-41-26-23-20-17-14-11-8-3/h73-76,81H,6-72H2,1-5H3,(H,86,87)(H,88,89)/t74-,75-,76-/m1/s1. The number of aliphatic hydroxyl groups excluding tert-OH is 1. The molecule has 19 heteroatoms. The van der Waals surface area contributed by atoms with Crippen LogP contribution in [0.2, 0.25) is 0 Å². The molecule has 0 aromatic rings. The lowest BCUT2D eigenvalue weighted by molar-refractivity contribution is -0.161. The number of rotatable bonds is 80. The number of phosphoric ester groups is 2. The maximum absolute atomic E-state index is 13.1. The summed E-state index contributed by atoms with van der Waals surface area (Å²) in [6.07, 6.45) is 64.1. The van der Waals surface area contributed by atoms with Gasteiger partial charge in [-0.1, -0.05) is 375 Å². The van der Waals surface area contributed by atoms with Crippen molar-refractivity contribution >= 4 is 39.5 Å². The van der Waals surface area contributed by atoms with Gasteiger partial charge in [-0.05, 0) is 31.6 Å². The Hall–Kier alpha value is -1.94. The minimum absolute atomic E-state index is 0.107. The quantitative estimate of drug-likeness (QED) is 0.0222. The van der Waals surface area contributed by atoms with Crippen LogP contribution in [0.15, 0.2) is 0 Å². The summed E-state index contributed by atoms with van der Waals surface area (Å²) in [6.45, 7) is 7.24. The predicted octanol–water partition coefficient (Wildman–Crippen LogP) is 24.0. The van der Waals surface area contributed by atoms with Crippen LogP contribution in [0.25, 0.3) is 0 Å². The van der Waals surface area contributed by atoms with Crippen molar-refractivity contribution in [2.24, 2.45) is 5.92 Å². The number of phosphoric acid groups is 2. The van der Waals surface area contributed by atoms with Crippen molar-refractivity contribution in [2.75, 3.05) is 39.6 Å². The maximum Gasteiger partial charge on any atom is 0.472 e. The van der Waals surface area contributed by atoms with Crippen LogP contribution in [0, 0.1) is 5.92 Å². The molecule has 5 atom stereocenters. The van der Waals surface area contributed by atoms with Gasteiger partial charge in [0, 0.05) is 25.7 Å². The van der Waals surface area contributed by atoms with E-state index in [1.54, 1.807) is 0 Å². The summed E-state index contributed by atoms with van der Waals surface area (Å²) in [5, 5.41) is 10.6. The van der Waals surface area contributed by atoms with E-state index in [4.69, 9.17) is 37.0 Å². The maximum atomic E-state index is 13.1. The largest absolute Gasteiger partial charge is 0.472 e. The molecule has 0 amide bonds. The molecule has 3 N–H and O–H groups in total. The molecule has 0 rings (SSSR count). The fourth-order valence-corrected chi connectivity index (χ4v) is 14.0. The molecule has 0 fully saturated rings. The van der Waals surface area contributed by atoms with Crippen LogP contribution < -0.4 is 0 Å². The molecule has 0 aliphatic rings. The van der Waals surface area contributed by atoms with Gasteiger partial charge >= 0.3 is 39.5 Å². The van der Waals surface area contributed by atoms with E-state index in [1.807, 2.05) is 0 Å². The van der Waals surface area contributed by atoms with Crippen LogP contribution in [0.4, 0.5) is 0 Å². The van der Waals surface area contributed by atoms with Crippen molar-refractivity contribution in [3.8, 4) is 0 Å². The zero-order chi connectivity index (χ0) is 72.7. The van der Waals surface area contributed by atoms with Crippen molar-refractivity contribution in [1.82, 2.24) is 0 Å². The van der Waals surface area contributed by atoms with Gasteiger partial charge < -0.3 is 33.8 Å². The summed E-state index contributed by atoms with van der Waals surface area (Å²) in [4.78, 5) is 72.9. The van der Waals surface area contributed by atoms with Gasteiger partial charge in [-0.2, -0.15) is 0 Å². The SMILES string of the molecule is CCCCCCCCCCCCCCCCCCCCCCC(=O)O[C@H](COC(=O)CCCCCCCCCCCCCCCCCCCC)COP(=O)(O)OC[C@@H](O)COP(=O)(O)OC[C@@H](COC(=O)CCCCCCCCC(C)C)OC(=O)CCCCCCCCCCCCCC. The number of hydrogen-bond donors (Lipinski definition) is 3. The third-order valence-corrected chi connectivity index (χ3v) is 20.7. The van der Waals surface area contributed by atoms with Crippen molar-refractivity contribution in [2.45, 2.75) is 445 Å². The van der Waals surface area contributed by atoms with Gasteiger partial charge in [0.1, 0.15) is 19.3 Å². The lowest BCUT2D eigenvalue weighted by atomic mass is 10.0. The van der Waals surface area contributed by atoms with E-state index >= 15 is 0 Å². The molecule has 17 nitrogen and oxygen atoms in total. The molecule has 0 heterocycles. The Morgan fingerprint density at radius 3 is 0.687 bits per heavy atom. The highest BCUT2D eigenvalue weighted by Gasteiger charge is 2.30. The van der Waals surface area contributed by atoms with Crippen LogP contribution >= 0.6 is 15.6 Å². The van der Waals surface area contributed by atoms with Crippen LogP contribution in [0.3, 0.4) is 0 Å². The van der Waals surface area contributed by atoms with Gasteiger partial charge in [0.05, 0.1) is 26.4 Å². The first-order chi connectivity index (χ1) is 48.0. The summed E-state index contributed by atoms with van der Waals surface area (Å²) in [5.41, 5.74) is 0. The van der Waals surface area contributed by atoms with E-state index in [2.05, 4.69) is 34.6 Å². The van der Waals surface area contributed by atoms with E-state index in [9.17, 15) is 43.2 Å². The Balaban J connectivity index is 5.20. The monoisotopic (exact) mass is 1450 g/mol. The van der Waals surface area contributed by atoms with E-state index < -0.39 is 97.5 Å². The lowest BCUT2D eigenvalue weighted by Crippen LogP contribution is -2.30. The Morgan fingerprint density at radius 1 is 0.273 bits per heavy atom. The van der Waals surface area contributed by atoms with Crippen molar-refractivity contribution in [3.63, 3.8) is 0 Å². The Morgan fingerprint density at radius 2 is 0.465 bits per heavy atom. The number of carbonyl (C=O) groups is 4. The minimum Gasteiger partial charge on any atom is -0.462 e. The number of esters is 4. The molecule has 0 radical (unpaired) electrons. The van der Waals surface area contributed by atoms with Crippen LogP contribution in [-0.4, -0.2) is 96.7 Å². The van der Waals surface area contributed by atoms with Gasteiger partial charge in [0.15, 0.2) is 12.2 Å². The second kappa shape index (κ2) is 73.0. The molecule has 588 valence electrons. The lowest BCUT2D eigenvalue weighted by Gasteiger charge is -2.21. The highest BCUT2D eigenvalue weighted by Crippen LogP contribution is 2.45. The molecule has 0 saturated carbocycles. The zero-order valence-corrected chi connectivity index (χ0v) is 66.4. The Labute approximate surface area is 607 Å². The topological polar surface area (TPSA) is 237 Å². The molecule has 0 aliphatic carbocycles. The fraction of sp³-hybridized carbons (Fsp3) is 0.950. The van der Waals surface area contributed by atoms with Gasteiger partial charge in [-0.15, -0.1) is 0 Å². The van der Waals surface area contributed by atoms with E-state index in [0.717, 1.165) is 96.3 Å². The fourth-order valence-electron chi connectivity index (χ4n) is 12.4. The van der Waals surface area contributed by atoms with Crippen LogP contribution in [0.1, 0.15) is 426 Å². The van der Waals surface area contributed by atoms with Gasteiger partial charge in [0.25, 0.3) is 0 Å². The van der Waals surface area contributed by atoms with E-state index in [0.29, 0.717) is 31.6 Å². The molecule has 0 saturated heterocycles. The number of aliphatic hydroxyl groups is 1. The van der Waals surface area contributed by atoms with Crippen LogP contribution in [0.5, 0.6) is 0 Å². The van der Waals surface area contributed by atoms with Gasteiger partial charge in [-0.25, -0.2) is 9.13 Å². The first-order valence-corrected chi connectivity index (χ1v) is 44.6. The predicted molar refractivity (Wildman–Crippen MR) is 405 cm³/mol. The molecular weight excluding hydrogens is 1290 g/mol. The molecule has 0 spiro atoms. The average molecular weight is 1450 g/mol. The summed E-state index contributed by atoms with van der Waals surface area (Å²) in [5.74, 6) is -1.43. The molecule has 0 aromatic heterocycles. The highest BCUT2D eigenvalue weighted by atomic mass is 31.2. The summed E-state index contributed by atoms with van der Waals surface area (Å²) in [7, 11) is -9.91. The molecular formula is C80H156O17P2. The summed E-state index contributed by atoms with van der Waals surface area (Å²) in [6, 6.07) is 0. The summed E-state index contributed by atoms with van der Waals surface area (Å²) >= 11 is 0. The molecule has 0 bridgehead atoms. The molecule has 0 aromatic carbocycles. The number of ether oxygens (including phenoxy) is 4. The summed E-state index contributed by atoms with van der Waals surface area (Å²) < 4.78 is 68.6. The number of hydrogen-bond acceptors (Lipinski definition) is 15. The number of unbranched alkanes of at least 4 members (excludes halogenated alkanes) is 52. The van der Waals surface area contributed by atoms with Gasteiger partial charge in [-0.3, -0.25) is 37.3 Å². The molecule has 99 heavy (non-hydrogen) atoms. The molecule has 0 aliphatic heterocycles. The average Bonchev–Trinajstić information content (AvgIpc) is 1.14.